The predicted octanol–water partition coefficient (Wildman–Crippen LogP) is 3.83. The summed E-state index contributed by atoms with van der Waals surface area (Å²) in [7, 11) is 0. The minimum absolute atomic E-state index is 0.254. The van der Waals surface area contributed by atoms with E-state index in [9.17, 15) is 4.79 Å². The monoisotopic (exact) mass is 365 g/mol. The zero-order chi connectivity index (χ0) is 16.7. The van der Waals surface area contributed by atoms with Gasteiger partial charge in [0.2, 0.25) is 0 Å². The van der Waals surface area contributed by atoms with E-state index in [0.717, 1.165) is 11.4 Å². The first-order valence-electron chi connectivity index (χ1n) is 6.79. The fraction of sp³-hybridized carbons (Fsp3) is 0.125. The smallest absolute Gasteiger partial charge is 0.269 e. The van der Waals surface area contributed by atoms with Gasteiger partial charge >= 0.3 is 0 Å². The molecular formula is C16H16ClN3OS2. The van der Waals surface area contributed by atoms with Crippen LogP contribution in [0.2, 0.25) is 5.02 Å². The van der Waals surface area contributed by atoms with E-state index in [1.165, 1.54) is 5.56 Å². The van der Waals surface area contributed by atoms with Crippen molar-refractivity contribution in [3.63, 3.8) is 0 Å². The molecular weight excluding hydrogens is 350 g/mol. The first-order valence-corrected chi connectivity index (χ1v) is 8.97. The third-order valence-corrected chi connectivity index (χ3v) is 3.96. The summed E-state index contributed by atoms with van der Waals surface area (Å²) in [5, 5.41) is 3.82. The average Bonchev–Trinajstić information content (AvgIpc) is 2.54. The lowest BCUT2D eigenvalue weighted by atomic mass is 10.1. The van der Waals surface area contributed by atoms with Gasteiger partial charge in [0.15, 0.2) is 5.11 Å². The number of carbonyl (C=O) groups excluding carboxylic acids is 1. The van der Waals surface area contributed by atoms with Crippen molar-refractivity contribution in [3.05, 3.63) is 64.7 Å². The van der Waals surface area contributed by atoms with Crippen LogP contribution in [0.3, 0.4) is 0 Å². The number of hydrazine groups is 1. The molecule has 0 aromatic heterocycles. The molecule has 23 heavy (non-hydrogen) atoms. The second-order valence-corrected chi connectivity index (χ2v) is 6.38. The summed E-state index contributed by atoms with van der Waals surface area (Å²) in [6.07, 6.45) is 2.04. The van der Waals surface area contributed by atoms with Crippen LogP contribution in [0.5, 0.6) is 0 Å². The largest absolute Gasteiger partial charge is 0.331 e. The highest BCUT2D eigenvalue weighted by atomic mass is 35.5. The van der Waals surface area contributed by atoms with Crippen molar-refractivity contribution in [2.24, 2.45) is 0 Å². The molecule has 1 amide bonds. The maximum absolute atomic E-state index is 12.0. The van der Waals surface area contributed by atoms with E-state index in [-0.39, 0.29) is 11.0 Å². The molecule has 120 valence electrons. The van der Waals surface area contributed by atoms with Crippen molar-refractivity contribution in [1.82, 2.24) is 10.9 Å². The van der Waals surface area contributed by atoms with Crippen LogP contribution in [0.15, 0.2) is 48.5 Å². The summed E-state index contributed by atoms with van der Waals surface area (Å²) >= 11 is 12.8. The van der Waals surface area contributed by atoms with E-state index in [2.05, 4.69) is 16.2 Å². The van der Waals surface area contributed by atoms with E-state index in [4.69, 9.17) is 23.8 Å². The third-order valence-electron chi connectivity index (χ3n) is 2.90. The van der Waals surface area contributed by atoms with Crippen LogP contribution in [0.4, 0.5) is 5.69 Å². The number of nitrogens with one attached hydrogen (secondary N) is 3. The molecule has 2 rings (SSSR count). The quantitative estimate of drug-likeness (QED) is 0.568. The molecule has 0 spiro atoms. The number of hydrogen-bond acceptors (Lipinski definition) is 3. The Bertz CT molecular complexity index is 692. The lowest BCUT2D eigenvalue weighted by molar-refractivity contribution is 0.0944. The van der Waals surface area contributed by atoms with Crippen LogP contribution in [0.1, 0.15) is 15.9 Å². The van der Waals surface area contributed by atoms with Crippen LogP contribution >= 0.6 is 35.6 Å². The van der Waals surface area contributed by atoms with Crippen molar-refractivity contribution in [2.75, 3.05) is 11.6 Å². The summed E-state index contributed by atoms with van der Waals surface area (Å²) in [5.74, 6) is 0.671. The normalized spacial score (nSPS) is 10.0. The van der Waals surface area contributed by atoms with Gasteiger partial charge in [-0.2, -0.15) is 11.8 Å². The summed E-state index contributed by atoms with van der Waals surface area (Å²) in [5.41, 5.74) is 7.70. The van der Waals surface area contributed by atoms with Crippen LogP contribution in [0.25, 0.3) is 0 Å². The Morgan fingerprint density at radius 2 is 1.91 bits per heavy atom. The van der Waals surface area contributed by atoms with Gasteiger partial charge in [0.1, 0.15) is 0 Å². The molecule has 2 aromatic rings. The number of thioether (sulfide) groups is 1. The van der Waals surface area contributed by atoms with Crippen LogP contribution in [-0.2, 0) is 5.75 Å². The highest BCUT2D eigenvalue weighted by Crippen LogP contribution is 2.14. The first-order chi connectivity index (χ1) is 11.1. The number of benzene rings is 2. The Morgan fingerprint density at radius 1 is 1.17 bits per heavy atom. The van der Waals surface area contributed by atoms with Gasteiger partial charge < -0.3 is 5.32 Å². The maximum atomic E-state index is 12.0. The molecule has 0 saturated heterocycles. The number of carbonyl (C=O) groups is 1. The van der Waals surface area contributed by atoms with E-state index in [0.29, 0.717) is 10.6 Å². The van der Waals surface area contributed by atoms with Crippen molar-refractivity contribution < 1.29 is 4.79 Å². The number of hydrogen-bond donors (Lipinski definition) is 3. The fourth-order valence-electron chi connectivity index (χ4n) is 1.83. The van der Waals surface area contributed by atoms with Gasteiger partial charge in [-0.05, 0) is 54.4 Å². The molecule has 0 unspecified atom stereocenters. The maximum Gasteiger partial charge on any atom is 0.269 e. The Kier molecular flexibility index (Phi) is 6.70. The van der Waals surface area contributed by atoms with Crippen LogP contribution in [0, 0.1) is 0 Å². The summed E-state index contributed by atoms with van der Waals surface area (Å²) in [6, 6.07) is 14.6. The van der Waals surface area contributed by atoms with Crippen LogP contribution in [-0.4, -0.2) is 17.3 Å². The zero-order valence-electron chi connectivity index (χ0n) is 12.4. The molecule has 0 aliphatic carbocycles. The van der Waals surface area contributed by atoms with Gasteiger partial charge in [-0.3, -0.25) is 15.6 Å². The molecule has 0 aliphatic heterocycles. The minimum Gasteiger partial charge on any atom is -0.331 e. The number of rotatable bonds is 4. The SMILES string of the molecule is CSCc1ccc(C(=O)NNC(=S)Nc2cccc(Cl)c2)cc1. The van der Waals surface area contributed by atoms with Crippen LogP contribution < -0.4 is 16.2 Å². The number of halogens is 1. The third kappa shape index (κ3) is 5.74. The Hall–Kier alpha value is -1.76. The van der Waals surface area contributed by atoms with Crippen molar-refractivity contribution in [3.8, 4) is 0 Å². The molecule has 0 aliphatic rings. The van der Waals surface area contributed by atoms with Crippen molar-refractivity contribution >= 4 is 52.3 Å². The Morgan fingerprint density at radius 3 is 2.57 bits per heavy atom. The minimum atomic E-state index is -0.254. The van der Waals surface area contributed by atoms with E-state index < -0.39 is 0 Å². The molecule has 7 heteroatoms. The first kappa shape index (κ1) is 17.6. The lowest BCUT2D eigenvalue weighted by Crippen LogP contribution is -2.43. The van der Waals surface area contributed by atoms with Crippen molar-refractivity contribution in [2.45, 2.75) is 5.75 Å². The molecule has 0 saturated carbocycles. The second kappa shape index (κ2) is 8.76. The van der Waals surface area contributed by atoms with Gasteiger partial charge in [0.25, 0.3) is 5.91 Å². The number of thiocarbonyl (C=S) groups is 1. The molecule has 4 nitrogen and oxygen atoms in total. The van der Waals surface area contributed by atoms with E-state index in [1.54, 1.807) is 36.0 Å². The summed E-state index contributed by atoms with van der Waals surface area (Å²) in [6.45, 7) is 0. The number of anilines is 1. The molecule has 2 aromatic carbocycles. The molecule has 0 radical (unpaired) electrons. The zero-order valence-corrected chi connectivity index (χ0v) is 14.8. The molecule has 0 bridgehead atoms. The highest BCUT2D eigenvalue weighted by Gasteiger charge is 2.06. The number of amides is 1. The lowest BCUT2D eigenvalue weighted by Gasteiger charge is -2.12. The molecule has 3 N–H and O–H groups in total. The summed E-state index contributed by atoms with van der Waals surface area (Å²) in [4.78, 5) is 12.0. The van der Waals surface area contributed by atoms with Gasteiger partial charge in [0.05, 0.1) is 0 Å². The van der Waals surface area contributed by atoms with Gasteiger partial charge in [-0.25, -0.2) is 0 Å². The second-order valence-electron chi connectivity index (χ2n) is 4.67. The van der Waals surface area contributed by atoms with Crippen molar-refractivity contribution in [1.29, 1.82) is 0 Å². The topological polar surface area (TPSA) is 53.2 Å². The average molecular weight is 366 g/mol. The van der Waals surface area contributed by atoms with E-state index in [1.807, 2.05) is 30.5 Å². The Balaban J connectivity index is 1.84. The Labute approximate surface area is 150 Å². The molecule has 0 heterocycles. The van der Waals surface area contributed by atoms with Gasteiger partial charge in [-0.1, -0.05) is 29.8 Å². The van der Waals surface area contributed by atoms with E-state index >= 15 is 0 Å². The van der Waals surface area contributed by atoms with Gasteiger partial charge in [-0.15, -0.1) is 0 Å². The predicted molar refractivity (Wildman–Crippen MR) is 102 cm³/mol. The molecule has 0 fully saturated rings. The standard InChI is InChI=1S/C16H16ClN3OS2/c1-23-10-11-5-7-12(8-6-11)15(21)19-20-16(22)18-14-4-2-3-13(17)9-14/h2-9H,10H2,1H3,(H,19,21)(H2,18,20,22). The summed E-state index contributed by atoms with van der Waals surface area (Å²) < 4.78 is 0. The fourth-order valence-corrected chi connectivity index (χ4v) is 2.72. The van der Waals surface area contributed by atoms with Gasteiger partial charge in [0, 0.05) is 22.0 Å². The molecule has 0 atom stereocenters. The highest BCUT2D eigenvalue weighted by molar-refractivity contribution is 7.97.